The fourth-order valence-corrected chi connectivity index (χ4v) is 0.494. The van der Waals surface area contributed by atoms with Crippen LogP contribution in [0.4, 0.5) is 0 Å². The van der Waals surface area contributed by atoms with Crippen molar-refractivity contribution >= 4 is 0 Å². The van der Waals surface area contributed by atoms with Crippen LogP contribution in [0.2, 0.25) is 0 Å². The van der Waals surface area contributed by atoms with Gasteiger partial charge >= 0.3 is 0 Å². The number of aryl methyl sites for hydroxylation is 1. The average Bonchev–Trinajstić information content (AvgIpc) is 1.83. The Morgan fingerprint density at radius 3 is 2.89 bits per heavy atom. The van der Waals surface area contributed by atoms with E-state index in [4.69, 9.17) is 5.21 Å². The third-order valence-corrected chi connectivity index (χ3v) is 0.994. The molecule has 0 radical (unpaired) electrons. The topological polar surface area (TPSA) is 55.1 Å². The van der Waals surface area contributed by atoms with Gasteiger partial charge in [-0.15, -0.1) is 4.73 Å². The molecule has 4 nitrogen and oxygen atoms in total. The molecule has 0 unspecified atom stereocenters. The summed E-state index contributed by atoms with van der Waals surface area (Å²) in [5, 5.41) is 8.75. The molecule has 0 amide bonds. The van der Waals surface area contributed by atoms with Crippen LogP contribution in [-0.2, 0) is 0 Å². The summed E-state index contributed by atoms with van der Waals surface area (Å²) < 4.78 is 0.500. The zero-order chi connectivity index (χ0) is 6.85. The Kier molecular flexibility index (Phi) is 1.22. The van der Waals surface area contributed by atoms with Crippen molar-refractivity contribution in [3.63, 3.8) is 0 Å². The zero-order valence-electron chi connectivity index (χ0n) is 4.90. The van der Waals surface area contributed by atoms with E-state index >= 15 is 0 Å². The van der Waals surface area contributed by atoms with Crippen molar-refractivity contribution in [1.82, 2.24) is 9.71 Å². The van der Waals surface area contributed by atoms with Crippen LogP contribution < -0.4 is 5.56 Å². The highest BCUT2D eigenvalue weighted by atomic mass is 16.5. The number of rotatable bonds is 0. The van der Waals surface area contributed by atoms with Crippen LogP contribution in [0.5, 0.6) is 0 Å². The van der Waals surface area contributed by atoms with Crippen molar-refractivity contribution in [2.45, 2.75) is 6.92 Å². The van der Waals surface area contributed by atoms with Gasteiger partial charge in [0.2, 0.25) is 0 Å². The minimum Gasteiger partial charge on any atom is -0.424 e. The Labute approximate surface area is 51.4 Å². The molecule has 0 aliphatic carbocycles. The molecule has 1 aromatic rings. The Morgan fingerprint density at radius 2 is 2.44 bits per heavy atom. The molecule has 0 aliphatic heterocycles. The first-order valence-electron chi connectivity index (χ1n) is 2.46. The van der Waals surface area contributed by atoms with Crippen LogP contribution in [0.3, 0.4) is 0 Å². The van der Waals surface area contributed by atoms with E-state index < -0.39 is 5.56 Å². The van der Waals surface area contributed by atoms with E-state index in [0.29, 0.717) is 10.6 Å². The second-order valence-electron chi connectivity index (χ2n) is 1.64. The number of hydrogen-bond acceptors (Lipinski definition) is 3. The van der Waals surface area contributed by atoms with Crippen molar-refractivity contribution in [3.8, 4) is 0 Å². The lowest BCUT2D eigenvalue weighted by atomic mass is 10.6. The highest BCUT2D eigenvalue weighted by Crippen LogP contribution is 1.79. The van der Waals surface area contributed by atoms with Gasteiger partial charge in [0, 0.05) is 12.3 Å². The molecular formula is C5H6N2O2. The van der Waals surface area contributed by atoms with Gasteiger partial charge in [-0.2, -0.15) is 0 Å². The molecule has 48 valence electrons. The lowest BCUT2D eigenvalue weighted by Gasteiger charge is -1.95. The number of hydrogen-bond donors (Lipinski definition) is 1. The van der Waals surface area contributed by atoms with E-state index in [-0.39, 0.29) is 0 Å². The molecule has 0 saturated carbocycles. The van der Waals surface area contributed by atoms with Crippen LogP contribution in [-0.4, -0.2) is 14.9 Å². The SMILES string of the molecule is Cc1nccc(=O)n1O. The van der Waals surface area contributed by atoms with E-state index in [0.717, 1.165) is 0 Å². The number of aromatic nitrogens is 2. The van der Waals surface area contributed by atoms with Gasteiger partial charge in [0.05, 0.1) is 0 Å². The first-order chi connectivity index (χ1) is 4.22. The summed E-state index contributed by atoms with van der Waals surface area (Å²) in [4.78, 5) is 14.2. The van der Waals surface area contributed by atoms with Crippen molar-refractivity contribution < 1.29 is 5.21 Å². The van der Waals surface area contributed by atoms with Crippen LogP contribution >= 0.6 is 0 Å². The molecule has 1 heterocycles. The summed E-state index contributed by atoms with van der Waals surface area (Å²) in [6.45, 7) is 1.54. The van der Waals surface area contributed by atoms with E-state index in [9.17, 15) is 4.79 Å². The van der Waals surface area contributed by atoms with E-state index in [2.05, 4.69) is 4.98 Å². The third kappa shape index (κ3) is 0.910. The lowest BCUT2D eigenvalue weighted by Crippen LogP contribution is -2.19. The maximum absolute atomic E-state index is 10.5. The van der Waals surface area contributed by atoms with Gasteiger partial charge < -0.3 is 5.21 Å². The quantitative estimate of drug-likeness (QED) is 0.489. The fourth-order valence-electron chi connectivity index (χ4n) is 0.494. The molecule has 1 rings (SSSR count). The van der Waals surface area contributed by atoms with Crippen LogP contribution in [0, 0.1) is 6.92 Å². The monoisotopic (exact) mass is 126 g/mol. The lowest BCUT2D eigenvalue weighted by molar-refractivity contribution is 0.163. The summed E-state index contributed by atoms with van der Waals surface area (Å²) in [7, 11) is 0. The Morgan fingerprint density at radius 1 is 1.78 bits per heavy atom. The molecule has 0 saturated heterocycles. The molecule has 0 fully saturated rings. The first kappa shape index (κ1) is 5.81. The third-order valence-electron chi connectivity index (χ3n) is 0.994. The zero-order valence-corrected chi connectivity index (χ0v) is 4.90. The largest absolute Gasteiger partial charge is 0.424 e. The van der Waals surface area contributed by atoms with Gasteiger partial charge in [-0.05, 0) is 6.92 Å². The Bertz CT molecular complexity index is 266. The minimum atomic E-state index is -0.456. The molecule has 0 spiro atoms. The van der Waals surface area contributed by atoms with Crippen molar-refractivity contribution in [2.24, 2.45) is 0 Å². The van der Waals surface area contributed by atoms with Crippen LogP contribution in [0.15, 0.2) is 17.1 Å². The van der Waals surface area contributed by atoms with E-state index in [1.807, 2.05) is 0 Å². The normalized spacial score (nSPS) is 9.44. The molecule has 9 heavy (non-hydrogen) atoms. The summed E-state index contributed by atoms with van der Waals surface area (Å²) in [5.74, 6) is 0.294. The maximum atomic E-state index is 10.5. The van der Waals surface area contributed by atoms with Crippen LogP contribution in [0.1, 0.15) is 5.82 Å². The van der Waals surface area contributed by atoms with Crippen molar-refractivity contribution in [1.29, 1.82) is 0 Å². The minimum absolute atomic E-state index is 0.294. The van der Waals surface area contributed by atoms with Gasteiger partial charge in [0.15, 0.2) is 0 Å². The van der Waals surface area contributed by atoms with E-state index in [1.54, 1.807) is 6.92 Å². The Balaban J connectivity index is 3.43. The Hall–Kier alpha value is -1.32. The molecule has 1 aromatic heterocycles. The molecular weight excluding hydrogens is 120 g/mol. The van der Waals surface area contributed by atoms with E-state index in [1.165, 1.54) is 12.3 Å². The number of nitrogens with zero attached hydrogens (tertiary/aromatic N) is 2. The molecule has 0 bridgehead atoms. The standard InChI is InChI=1S/C5H6N2O2/c1-4-6-3-2-5(8)7(4)9/h2-3,9H,1H3. The van der Waals surface area contributed by atoms with Gasteiger partial charge in [-0.25, -0.2) is 4.98 Å². The molecule has 1 N–H and O–H groups in total. The summed E-state index contributed by atoms with van der Waals surface area (Å²) in [5.41, 5.74) is -0.456. The van der Waals surface area contributed by atoms with Gasteiger partial charge in [-0.3, -0.25) is 4.79 Å². The predicted molar refractivity (Wildman–Crippen MR) is 30.4 cm³/mol. The molecule has 0 aliphatic rings. The highest BCUT2D eigenvalue weighted by molar-refractivity contribution is 4.87. The van der Waals surface area contributed by atoms with Crippen LogP contribution in [0.25, 0.3) is 0 Å². The van der Waals surface area contributed by atoms with Crippen molar-refractivity contribution in [3.05, 3.63) is 28.4 Å². The molecule has 4 heteroatoms. The van der Waals surface area contributed by atoms with Crippen molar-refractivity contribution in [2.75, 3.05) is 0 Å². The fraction of sp³-hybridized carbons (Fsp3) is 0.200. The van der Waals surface area contributed by atoms with Gasteiger partial charge in [-0.1, -0.05) is 0 Å². The van der Waals surface area contributed by atoms with Gasteiger partial charge in [0.25, 0.3) is 5.56 Å². The smallest absolute Gasteiger partial charge is 0.286 e. The first-order valence-corrected chi connectivity index (χ1v) is 2.46. The second kappa shape index (κ2) is 1.89. The highest BCUT2D eigenvalue weighted by Gasteiger charge is 1.92. The predicted octanol–water partition coefficient (Wildman–Crippen LogP) is -0.211. The summed E-state index contributed by atoms with van der Waals surface area (Å²) >= 11 is 0. The summed E-state index contributed by atoms with van der Waals surface area (Å²) in [6.07, 6.45) is 1.35. The summed E-state index contributed by atoms with van der Waals surface area (Å²) in [6, 6.07) is 1.19. The maximum Gasteiger partial charge on any atom is 0.286 e. The second-order valence-corrected chi connectivity index (χ2v) is 1.64. The molecule has 0 aromatic carbocycles. The van der Waals surface area contributed by atoms with Gasteiger partial charge in [0.1, 0.15) is 5.82 Å². The average molecular weight is 126 g/mol. The molecule has 0 atom stereocenters.